The van der Waals surface area contributed by atoms with E-state index in [2.05, 4.69) is 16.6 Å². The lowest BCUT2D eigenvalue weighted by atomic mass is 10.1. The van der Waals surface area contributed by atoms with Crippen LogP contribution in [0.25, 0.3) is 10.9 Å². The van der Waals surface area contributed by atoms with Crippen LogP contribution in [0, 0.1) is 0 Å². The number of hydrogen-bond acceptors (Lipinski definition) is 5. The topological polar surface area (TPSA) is 107 Å². The maximum absolute atomic E-state index is 13.0. The summed E-state index contributed by atoms with van der Waals surface area (Å²) < 4.78 is 33.7. The third-order valence-electron chi connectivity index (χ3n) is 4.71. The van der Waals surface area contributed by atoms with Crippen molar-refractivity contribution < 1.29 is 17.9 Å². The lowest BCUT2D eigenvalue weighted by Crippen LogP contribution is -2.24. The highest BCUT2D eigenvalue weighted by Gasteiger charge is 2.17. The second kappa shape index (κ2) is 9.15. The number of fused-ring (bicyclic) bond motifs is 1. The fraction of sp³-hybridized carbons (Fsp3) is 0.182. The highest BCUT2D eigenvalue weighted by atomic mass is 32.2. The Labute approximate surface area is 180 Å². The number of carbonyl (C=O) groups excluding carboxylic acids is 1. The quantitative estimate of drug-likeness (QED) is 0.523. The van der Waals surface area contributed by atoms with Gasteiger partial charge in [-0.15, -0.1) is 6.58 Å². The smallest absolute Gasteiger partial charge is 0.261 e. The third kappa shape index (κ3) is 4.68. The summed E-state index contributed by atoms with van der Waals surface area (Å²) >= 11 is 0. The number of anilines is 1. The maximum atomic E-state index is 13.0. The number of methoxy groups -OCH3 is 1. The molecule has 0 atom stereocenters. The van der Waals surface area contributed by atoms with Gasteiger partial charge in [0, 0.05) is 25.0 Å². The highest BCUT2D eigenvalue weighted by molar-refractivity contribution is 7.89. The van der Waals surface area contributed by atoms with E-state index in [-0.39, 0.29) is 17.0 Å². The number of aromatic nitrogens is 1. The zero-order chi connectivity index (χ0) is 22.6. The molecule has 0 bridgehead atoms. The van der Waals surface area contributed by atoms with Crippen molar-refractivity contribution in [3.63, 3.8) is 0 Å². The molecule has 162 valence electrons. The van der Waals surface area contributed by atoms with E-state index in [1.807, 2.05) is 11.5 Å². The highest BCUT2D eigenvalue weighted by Crippen LogP contribution is 2.20. The minimum Gasteiger partial charge on any atom is -0.497 e. The van der Waals surface area contributed by atoms with Crippen molar-refractivity contribution in [1.29, 1.82) is 0 Å². The molecule has 2 aromatic carbocycles. The van der Waals surface area contributed by atoms with Gasteiger partial charge in [-0.2, -0.15) is 0 Å². The average Bonchev–Trinajstić information content (AvgIpc) is 2.78. The third-order valence-corrected chi connectivity index (χ3v) is 6.15. The Morgan fingerprint density at radius 2 is 1.90 bits per heavy atom. The zero-order valence-corrected chi connectivity index (χ0v) is 18.0. The van der Waals surface area contributed by atoms with E-state index in [9.17, 15) is 18.0 Å². The second-order valence-corrected chi connectivity index (χ2v) is 8.43. The van der Waals surface area contributed by atoms with Crippen molar-refractivity contribution in [2.75, 3.05) is 19.0 Å². The molecule has 0 spiro atoms. The van der Waals surface area contributed by atoms with E-state index in [1.165, 1.54) is 43.6 Å². The zero-order valence-electron chi connectivity index (χ0n) is 17.2. The van der Waals surface area contributed by atoms with Crippen LogP contribution in [0.4, 0.5) is 5.69 Å². The normalized spacial score (nSPS) is 11.3. The van der Waals surface area contributed by atoms with Gasteiger partial charge in [0.1, 0.15) is 11.3 Å². The van der Waals surface area contributed by atoms with Gasteiger partial charge in [-0.3, -0.25) is 9.59 Å². The molecule has 9 heteroatoms. The number of sulfonamides is 1. The Kier molecular flexibility index (Phi) is 6.57. The summed E-state index contributed by atoms with van der Waals surface area (Å²) in [6.45, 7) is 6.06. The summed E-state index contributed by atoms with van der Waals surface area (Å²) in [5.41, 5.74) is 0.628. The molecule has 0 saturated heterocycles. The van der Waals surface area contributed by atoms with E-state index in [4.69, 9.17) is 4.74 Å². The van der Waals surface area contributed by atoms with Crippen molar-refractivity contribution in [3.05, 3.63) is 77.1 Å². The van der Waals surface area contributed by atoms with Crippen LogP contribution in [0.15, 0.2) is 71.0 Å². The first kappa shape index (κ1) is 22.3. The molecule has 3 rings (SSSR count). The molecule has 1 amide bonds. The number of hydrogen-bond donors (Lipinski definition) is 2. The molecule has 0 aliphatic rings. The van der Waals surface area contributed by atoms with Crippen LogP contribution in [-0.4, -0.2) is 32.5 Å². The van der Waals surface area contributed by atoms with Gasteiger partial charge in [-0.1, -0.05) is 6.08 Å². The van der Waals surface area contributed by atoms with Crippen LogP contribution >= 0.6 is 0 Å². The van der Waals surface area contributed by atoms with Crippen molar-refractivity contribution >= 4 is 32.5 Å². The summed E-state index contributed by atoms with van der Waals surface area (Å²) in [6.07, 6.45) is 2.96. The molecule has 2 N–H and O–H groups in total. The van der Waals surface area contributed by atoms with Crippen LogP contribution in [-0.2, 0) is 16.6 Å². The Bertz CT molecular complexity index is 1300. The predicted octanol–water partition coefficient (Wildman–Crippen LogP) is 2.75. The minimum absolute atomic E-state index is 0.0213. The predicted molar refractivity (Wildman–Crippen MR) is 120 cm³/mol. The van der Waals surface area contributed by atoms with Crippen LogP contribution < -0.4 is 20.2 Å². The largest absolute Gasteiger partial charge is 0.497 e. The maximum Gasteiger partial charge on any atom is 0.261 e. The van der Waals surface area contributed by atoms with E-state index in [1.54, 1.807) is 18.2 Å². The van der Waals surface area contributed by atoms with Gasteiger partial charge in [0.2, 0.25) is 15.5 Å². The Hall–Kier alpha value is -3.43. The average molecular weight is 442 g/mol. The van der Waals surface area contributed by atoms with Crippen LogP contribution in [0.3, 0.4) is 0 Å². The number of pyridine rings is 1. The van der Waals surface area contributed by atoms with Crippen molar-refractivity contribution in [1.82, 2.24) is 9.29 Å². The lowest BCUT2D eigenvalue weighted by Gasteiger charge is -2.13. The van der Waals surface area contributed by atoms with Crippen molar-refractivity contribution in [2.24, 2.45) is 0 Å². The van der Waals surface area contributed by atoms with E-state index >= 15 is 0 Å². The number of carbonyl (C=O) groups is 1. The Morgan fingerprint density at radius 3 is 2.52 bits per heavy atom. The van der Waals surface area contributed by atoms with Gasteiger partial charge >= 0.3 is 0 Å². The fourth-order valence-electron chi connectivity index (χ4n) is 3.09. The molecule has 8 nitrogen and oxygen atoms in total. The molecule has 0 aliphatic carbocycles. The van der Waals surface area contributed by atoms with Gasteiger partial charge in [0.15, 0.2) is 0 Å². The first-order valence-corrected chi connectivity index (χ1v) is 11.0. The number of nitrogens with one attached hydrogen (secondary N) is 2. The molecular weight excluding hydrogens is 418 g/mol. The standard InChI is InChI=1S/C22H23N3O5S/c1-4-12-23-31(28,29)17-9-6-15(7-10-17)24-22(27)19-14-25(5-2)20-11-8-16(30-3)13-18(20)21(19)26/h4,6-11,13-14,23H,1,5,12H2,2-3H3,(H,24,27). The van der Waals surface area contributed by atoms with Gasteiger partial charge < -0.3 is 14.6 Å². The summed E-state index contributed by atoms with van der Waals surface area (Å²) in [7, 11) is -2.16. The number of rotatable bonds is 8. The number of amides is 1. The number of nitrogens with zero attached hydrogens (tertiary/aromatic N) is 1. The first-order chi connectivity index (χ1) is 14.8. The number of ether oxygens (including phenoxy) is 1. The number of aryl methyl sites for hydroxylation is 1. The minimum atomic E-state index is -3.67. The van der Waals surface area contributed by atoms with Gasteiger partial charge in [-0.25, -0.2) is 13.1 Å². The molecule has 1 heterocycles. The molecule has 0 fully saturated rings. The molecule has 0 unspecified atom stereocenters. The van der Waals surface area contributed by atoms with E-state index in [0.717, 1.165) is 0 Å². The molecular formula is C22H23N3O5S. The number of benzene rings is 2. The molecule has 0 radical (unpaired) electrons. The fourth-order valence-corrected chi connectivity index (χ4v) is 4.09. The lowest BCUT2D eigenvalue weighted by molar-refractivity contribution is 0.102. The van der Waals surface area contributed by atoms with Gasteiger partial charge in [0.25, 0.3) is 5.91 Å². The Morgan fingerprint density at radius 1 is 1.19 bits per heavy atom. The van der Waals surface area contributed by atoms with Crippen LogP contribution in [0.2, 0.25) is 0 Å². The molecule has 3 aromatic rings. The van der Waals surface area contributed by atoms with Crippen molar-refractivity contribution in [2.45, 2.75) is 18.4 Å². The first-order valence-electron chi connectivity index (χ1n) is 9.54. The van der Waals surface area contributed by atoms with Gasteiger partial charge in [0.05, 0.1) is 22.9 Å². The van der Waals surface area contributed by atoms with Crippen molar-refractivity contribution in [3.8, 4) is 5.75 Å². The van der Waals surface area contributed by atoms with Crippen LogP contribution in [0.1, 0.15) is 17.3 Å². The van der Waals surface area contributed by atoms with Crippen LogP contribution in [0.5, 0.6) is 5.75 Å². The Balaban J connectivity index is 1.92. The van der Waals surface area contributed by atoms with Gasteiger partial charge in [-0.05, 0) is 49.4 Å². The van der Waals surface area contributed by atoms with E-state index in [0.29, 0.717) is 28.9 Å². The SMILES string of the molecule is C=CCNS(=O)(=O)c1ccc(NC(=O)c2cn(CC)c3ccc(OC)cc3c2=O)cc1. The summed E-state index contributed by atoms with van der Waals surface area (Å²) in [5, 5.41) is 3.03. The summed E-state index contributed by atoms with van der Waals surface area (Å²) in [4.78, 5) is 25.8. The molecule has 0 saturated carbocycles. The molecule has 1 aromatic heterocycles. The summed E-state index contributed by atoms with van der Waals surface area (Å²) in [6, 6.07) is 10.8. The molecule has 0 aliphatic heterocycles. The second-order valence-electron chi connectivity index (χ2n) is 6.66. The monoisotopic (exact) mass is 441 g/mol. The van der Waals surface area contributed by atoms with E-state index < -0.39 is 21.4 Å². The summed E-state index contributed by atoms with van der Waals surface area (Å²) in [5.74, 6) is -0.0658. The molecule has 31 heavy (non-hydrogen) atoms.